The zero-order chi connectivity index (χ0) is 9.84. The van der Waals surface area contributed by atoms with E-state index in [2.05, 4.69) is 21.2 Å². The maximum atomic E-state index is 9.58. The molecule has 0 aliphatic rings. The van der Waals surface area contributed by atoms with Crippen LogP contribution in [0.4, 0.5) is 0 Å². The summed E-state index contributed by atoms with van der Waals surface area (Å²) < 4.78 is 0.597. The first kappa shape index (κ1) is 10.5. The molecule has 0 heterocycles. The first-order valence-corrected chi connectivity index (χ1v) is 4.76. The third kappa shape index (κ3) is 2.43. The molecule has 0 amide bonds. The van der Waals surface area contributed by atoms with Gasteiger partial charge in [-0.2, -0.15) is 0 Å². The molecular formula is C9H12BrNO2. The van der Waals surface area contributed by atoms with Crippen LogP contribution in [0.3, 0.4) is 0 Å². The van der Waals surface area contributed by atoms with Crippen LogP contribution in [0.15, 0.2) is 22.7 Å². The summed E-state index contributed by atoms with van der Waals surface area (Å²) in [6, 6.07) is 5.20. The van der Waals surface area contributed by atoms with Gasteiger partial charge in [-0.25, -0.2) is 0 Å². The number of aromatic hydroxyl groups is 1. The molecule has 3 N–H and O–H groups in total. The number of hydrogen-bond donors (Lipinski definition) is 3. The van der Waals surface area contributed by atoms with Crippen molar-refractivity contribution in [2.75, 3.05) is 13.6 Å². The summed E-state index contributed by atoms with van der Waals surface area (Å²) in [5.41, 5.74) is 0.531. The van der Waals surface area contributed by atoms with Crippen molar-refractivity contribution in [3.63, 3.8) is 0 Å². The summed E-state index contributed by atoms with van der Waals surface area (Å²) in [7, 11) is 1.75. The van der Waals surface area contributed by atoms with Gasteiger partial charge in [0.25, 0.3) is 0 Å². The van der Waals surface area contributed by atoms with E-state index in [9.17, 15) is 10.2 Å². The smallest absolute Gasteiger partial charge is 0.135 e. The summed E-state index contributed by atoms with van der Waals surface area (Å²) in [5, 5.41) is 22.0. The molecule has 1 aromatic rings. The lowest BCUT2D eigenvalue weighted by atomic mass is 10.1. The lowest BCUT2D eigenvalue weighted by Gasteiger charge is -2.12. The molecule has 0 spiro atoms. The average Bonchev–Trinajstić information content (AvgIpc) is 2.10. The van der Waals surface area contributed by atoms with Gasteiger partial charge in [-0.3, -0.25) is 0 Å². The molecule has 0 aliphatic carbocycles. The molecule has 1 atom stereocenters. The fourth-order valence-electron chi connectivity index (χ4n) is 1.10. The Bertz CT molecular complexity index is 291. The lowest BCUT2D eigenvalue weighted by Crippen LogP contribution is -2.16. The van der Waals surface area contributed by atoms with Crippen LogP contribution >= 0.6 is 15.9 Å². The molecule has 72 valence electrons. The molecule has 4 heteroatoms. The van der Waals surface area contributed by atoms with Crippen LogP contribution in [-0.4, -0.2) is 23.8 Å². The zero-order valence-electron chi connectivity index (χ0n) is 7.29. The number of phenolic OH excluding ortho intramolecular Hbond substituents is 1. The predicted molar refractivity (Wildman–Crippen MR) is 54.7 cm³/mol. The lowest BCUT2D eigenvalue weighted by molar-refractivity contribution is 0.174. The van der Waals surface area contributed by atoms with Gasteiger partial charge in [0.05, 0.1) is 10.6 Å². The van der Waals surface area contributed by atoms with E-state index in [-0.39, 0.29) is 5.75 Å². The number of aliphatic hydroxyl groups excluding tert-OH is 1. The first-order valence-electron chi connectivity index (χ1n) is 3.97. The average molecular weight is 246 g/mol. The largest absolute Gasteiger partial charge is 0.506 e. The van der Waals surface area contributed by atoms with E-state index in [0.717, 1.165) is 0 Å². The Labute approximate surface area is 85.5 Å². The summed E-state index contributed by atoms with van der Waals surface area (Å²) in [6.07, 6.45) is -0.678. The summed E-state index contributed by atoms with van der Waals surface area (Å²) >= 11 is 3.18. The van der Waals surface area contributed by atoms with E-state index < -0.39 is 6.10 Å². The van der Waals surface area contributed by atoms with Crippen molar-refractivity contribution in [3.05, 3.63) is 28.2 Å². The molecule has 1 unspecified atom stereocenters. The Balaban J connectivity index is 2.93. The van der Waals surface area contributed by atoms with Gasteiger partial charge in [0.2, 0.25) is 0 Å². The Morgan fingerprint density at radius 1 is 1.54 bits per heavy atom. The van der Waals surface area contributed by atoms with E-state index in [0.29, 0.717) is 16.6 Å². The zero-order valence-corrected chi connectivity index (χ0v) is 8.87. The standard InChI is InChI=1S/C9H12BrNO2/c1-11-5-8(12)6-3-2-4-7(10)9(6)13/h2-4,8,11-13H,5H2,1H3. The van der Waals surface area contributed by atoms with Crippen molar-refractivity contribution >= 4 is 15.9 Å². The van der Waals surface area contributed by atoms with Crippen LogP contribution in [-0.2, 0) is 0 Å². The van der Waals surface area contributed by atoms with E-state index in [1.54, 1.807) is 25.2 Å². The summed E-state index contributed by atoms with van der Waals surface area (Å²) in [4.78, 5) is 0. The number of halogens is 1. The number of benzene rings is 1. The minimum atomic E-state index is -0.678. The molecular weight excluding hydrogens is 234 g/mol. The van der Waals surface area contributed by atoms with Crippen molar-refractivity contribution in [1.82, 2.24) is 5.32 Å². The van der Waals surface area contributed by atoms with Gasteiger partial charge < -0.3 is 15.5 Å². The van der Waals surface area contributed by atoms with Crippen molar-refractivity contribution in [1.29, 1.82) is 0 Å². The van der Waals surface area contributed by atoms with Crippen LogP contribution in [0.25, 0.3) is 0 Å². The minimum Gasteiger partial charge on any atom is -0.506 e. The Hall–Kier alpha value is -0.580. The van der Waals surface area contributed by atoms with Gasteiger partial charge in [0.1, 0.15) is 5.75 Å². The summed E-state index contributed by atoms with van der Waals surface area (Å²) in [6.45, 7) is 0.421. The quantitative estimate of drug-likeness (QED) is 0.755. The molecule has 0 fully saturated rings. The third-order valence-corrected chi connectivity index (χ3v) is 2.41. The fourth-order valence-corrected chi connectivity index (χ4v) is 1.49. The van der Waals surface area contributed by atoms with Gasteiger partial charge in [-0.15, -0.1) is 0 Å². The van der Waals surface area contributed by atoms with Crippen molar-refractivity contribution in [2.24, 2.45) is 0 Å². The molecule has 0 saturated carbocycles. The SMILES string of the molecule is CNCC(O)c1cccc(Br)c1O. The van der Waals surface area contributed by atoms with Crippen molar-refractivity contribution < 1.29 is 10.2 Å². The highest BCUT2D eigenvalue weighted by atomic mass is 79.9. The molecule has 13 heavy (non-hydrogen) atoms. The molecule has 1 rings (SSSR count). The molecule has 0 radical (unpaired) electrons. The second-order valence-corrected chi connectivity index (χ2v) is 3.61. The Morgan fingerprint density at radius 3 is 2.85 bits per heavy atom. The van der Waals surface area contributed by atoms with Crippen molar-refractivity contribution in [2.45, 2.75) is 6.10 Å². The molecule has 3 nitrogen and oxygen atoms in total. The van der Waals surface area contributed by atoms with E-state index in [1.165, 1.54) is 0 Å². The number of aliphatic hydroxyl groups is 1. The van der Waals surface area contributed by atoms with Gasteiger partial charge in [-0.1, -0.05) is 12.1 Å². The number of nitrogens with one attached hydrogen (secondary N) is 1. The predicted octanol–water partition coefficient (Wildman–Crippen LogP) is 1.41. The van der Waals surface area contributed by atoms with Crippen LogP contribution in [0.1, 0.15) is 11.7 Å². The normalized spacial score (nSPS) is 12.8. The number of hydrogen-bond acceptors (Lipinski definition) is 3. The molecule has 0 saturated heterocycles. The Kier molecular flexibility index (Phi) is 3.71. The van der Waals surface area contributed by atoms with Gasteiger partial charge >= 0.3 is 0 Å². The van der Waals surface area contributed by atoms with Gasteiger partial charge in [0, 0.05) is 12.1 Å². The monoisotopic (exact) mass is 245 g/mol. The number of para-hydroxylation sites is 1. The second kappa shape index (κ2) is 4.60. The van der Waals surface area contributed by atoms with Crippen LogP contribution in [0.5, 0.6) is 5.75 Å². The molecule has 0 aliphatic heterocycles. The number of phenols is 1. The van der Waals surface area contributed by atoms with E-state index >= 15 is 0 Å². The maximum absolute atomic E-state index is 9.58. The van der Waals surface area contributed by atoms with Gasteiger partial charge in [-0.05, 0) is 29.0 Å². The summed E-state index contributed by atoms with van der Waals surface area (Å²) in [5.74, 6) is 0.102. The highest BCUT2D eigenvalue weighted by molar-refractivity contribution is 9.10. The third-order valence-electron chi connectivity index (χ3n) is 1.77. The topological polar surface area (TPSA) is 52.5 Å². The highest BCUT2D eigenvalue weighted by Crippen LogP contribution is 2.31. The van der Waals surface area contributed by atoms with Crippen LogP contribution < -0.4 is 5.32 Å². The van der Waals surface area contributed by atoms with Crippen LogP contribution in [0, 0.1) is 0 Å². The molecule has 0 aromatic heterocycles. The van der Waals surface area contributed by atoms with Gasteiger partial charge in [0.15, 0.2) is 0 Å². The van der Waals surface area contributed by atoms with Crippen molar-refractivity contribution in [3.8, 4) is 5.75 Å². The Morgan fingerprint density at radius 2 is 2.23 bits per heavy atom. The number of rotatable bonds is 3. The molecule has 1 aromatic carbocycles. The maximum Gasteiger partial charge on any atom is 0.135 e. The minimum absolute atomic E-state index is 0.102. The van der Waals surface area contributed by atoms with E-state index in [4.69, 9.17) is 0 Å². The van der Waals surface area contributed by atoms with E-state index in [1.807, 2.05) is 0 Å². The highest BCUT2D eigenvalue weighted by Gasteiger charge is 2.12. The number of likely N-dealkylation sites (N-methyl/N-ethyl adjacent to an activating group) is 1. The molecule has 0 bridgehead atoms. The second-order valence-electron chi connectivity index (χ2n) is 2.75. The first-order chi connectivity index (χ1) is 6.16. The fraction of sp³-hybridized carbons (Fsp3) is 0.333. The van der Waals surface area contributed by atoms with Crippen LogP contribution in [0.2, 0.25) is 0 Å².